The minimum absolute atomic E-state index is 0.0178. The van der Waals surface area contributed by atoms with Crippen molar-refractivity contribution in [2.24, 2.45) is 23.7 Å². The van der Waals surface area contributed by atoms with Gasteiger partial charge < -0.3 is 10.0 Å². The molecule has 1 aromatic rings. The highest BCUT2D eigenvalue weighted by atomic mass is 32.1. The van der Waals surface area contributed by atoms with Gasteiger partial charge in [-0.2, -0.15) is 0 Å². The van der Waals surface area contributed by atoms with Crippen molar-refractivity contribution in [3.8, 4) is 0 Å². The molecule has 1 heterocycles. The Morgan fingerprint density at radius 3 is 2.67 bits per heavy atom. The lowest BCUT2D eigenvalue weighted by molar-refractivity contribution is -0.150. The molecule has 1 saturated carbocycles. The third-order valence-corrected chi connectivity index (χ3v) is 5.62. The molecule has 4 unspecified atom stereocenters. The number of carbonyl (C=O) groups excluding carboxylic acids is 1. The first kappa shape index (κ1) is 14.3. The molecule has 4 atom stereocenters. The molecule has 2 bridgehead atoms. The molecule has 0 aromatic carbocycles. The third kappa shape index (κ3) is 2.62. The highest BCUT2D eigenvalue weighted by Gasteiger charge is 2.52. The smallest absolute Gasteiger partial charge is 0.307 e. The summed E-state index contributed by atoms with van der Waals surface area (Å²) in [6.45, 7) is 0.642. The lowest BCUT2D eigenvalue weighted by atomic mass is 9.82. The molecule has 112 valence electrons. The maximum Gasteiger partial charge on any atom is 0.307 e. The van der Waals surface area contributed by atoms with Crippen molar-refractivity contribution in [2.45, 2.75) is 12.8 Å². The molecule has 4 nitrogen and oxygen atoms in total. The van der Waals surface area contributed by atoms with Gasteiger partial charge in [-0.05, 0) is 36.1 Å². The highest BCUT2D eigenvalue weighted by molar-refractivity contribution is 7.09. The molecule has 0 radical (unpaired) electrons. The topological polar surface area (TPSA) is 57.6 Å². The highest BCUT2D eigenvalue weighted by Crippen LogP contribution is 2.48. The molecule has 2 aliphatic carbocycles. The summed E-state index contributed by atoms with van der Waals surface area (Å²) in [7, 11) is 1.78. The first-order chi connectivity index (χ1) is 10.1. The van der Waals surface area contributed by atoms with E-state index < -0.39 is 11.9 Å². The quantitative estimate of drug-likeness (QED) is 0.849. The Morgan fingerprint density at radius 1 is 1.33 bits per heavy atom. The Bertz CT molecular complexity index is 566. The summed E-state index contributed by atoms with van der Waals surface area (Å²) >= 11 is 1.68. The van der Waals surface area contributed by atoms with Gasteiger partial charge in [-0.1, -0.05) is 18.2 Å². The van der Waals surface area contributed by atoms with Gasteiger partial charge in [0, 0.05) is 18.5 Å². The van der Waals surface area contributed by atoms with E-state index in [9.17, 15) is 14.7 Å². The number of carbonyl (C=O) groups is 2. The summed E-state index contributed by atoms with van der Waals surface area (Å²) in [5, 5.41) is 11.4. The Hall–Kier alpha value is -1.62. The van der Waals surface area contributed by atoms with Crippen LogP contribution in [0.4, 0.5) is 0 Å². The van der Waals surface area contributed by atoms with Crippen molar-refractivity contribution in [1.29, 1.82) is 0 Å². The summed E-state index contributed by atoms with van der Waals surface area (Å²) < 4.78 is 0. The normalized spacial score (nSPS) is 29.8. The van der Waals surface area contributed by atoms with E-state index in [-0.39, 0.29) is 23.7 Å². The third-order valence-electron chi connectivity index (χ3n) is 4.68. The molecule has 5 heteroatoms. The number of likely N-dealkylation sites (N-methyl/N-ethyl adjacent to an activating group) is 1. The molecular formula is C16H19NO3S. The van der Waals surface area contributed by atoms with Crippen LogP contribution in [0.1, 0.15) is 11.3 Å². The number of rotatable bonds is 5. The van der Waals surface area contributed by atoms with E-state index in [2.05, 4.69) is 6.07 Å². The zero-order valence-corrected chi connectivity index (χ0v) is 12.8. The first-order valence-corrected chi connectivity index (χ1v) is 8.14. The van der Waals surface area contributed by atoms with Gasteiger partial charge in [-0.15, -0.1) is 11.3 Å². The van der Waals surface area contributed by atoms with Gasteiger partial charge in [-0.3, -0.25) is 9.59 Å². The lowest BCUT2D eigenvalue weighted by Gasteiger charge is -2.28. The zero-order valence-electron chi connectivity index (χ0n) is 11.9. The van der Waals surface area contributed by atoms with E-state index in [1.54, 1.807) is 23.3 Å². The average Bonchev–Trinajstić information content (AvgIpc) is 3.18. The van der Waals surface area contributed by atoms with Crippen LogP contribution in [0.3, 0.4) is 0 Å². The van der Waals surface area contributed by atoms with Crippen LogP contribution in [-0.4, -0.2) is 35.5 Å². The minimum atomic E-state index is -0.836. The van der Waals surface area contributed by atoms with Gasteiger partial charge >= 0.3 is 5.97 Å². The van der Waals surface area contributed by atoms with Crippen LogP contribution in [0, 0.1) is 23.7 Å². The molecular weight excluding hydrogens is 286 g/mol. The number of carboxylic acids is 1. The van der Waals surface area contributed by atoms with Gasteiger partial charge in [-0.25, -0.2) is 0 Å². The maximum absolute atomic E-state index is 12.6. The molecule has 3 rings (SSSR count). The monoisotopic (exact) mass is 305 g/mol. The predicted molar refractivity (Wildman–Crippen MR) is 81.0 cm³/mol. The van der Waals surface area contributed by atoms with E-state index in [4.69, 9.17) is 0 Å². The Labute approximate surface area is 128 Å². The second-order valence-electron chi connectivity index (χ2n) is 5.93. The van der Waals surface area contributed by atoms with Crippen LogP contribution < -0.4 is 0 Å². The van der Waals surface area contributed by atoms with Crippen molar-refractivity contribution < 1.29 is 14.7 Å². The van der Waals surface area contributed by atoms with Crippen molar-refractivity contribution in [3.63, 3.8) is 0 Å². The first-order valence-electron chi connectivity index (χ1n) is 7.26. The second-order valence-corrected chi connectivity index (χ2v) is 6.96. The fourth-order valence-corrected chi connectivity index (χ4v) is 4.29. The fraction of sp³-hybridized carbons (Fsp3) is 0.500. The van der Waals surface area contributed by atoms with Gasteiger partial charge in [0.25, 0.3) is 0 Å². The zero-order chi connectivity index (χ0) is 15.0. The summed E-state index contributed by atoms with van der Waals surface area (Å²) in [6, 6.07) is 4.06. The Balaban J connectivity index is 1.66. The van der Waals surface area contributed by atoms with Crippen molar-refractivity contribution in [3.05, 3.63) is 34.5 Å². The molecule has 1 amide bonds. The number of allylic oxidation sites excluding steroid dienone is 2. The number of nitrogens with zero attached hydrogens (tertiary/aromatic N) is 1. The minimum Gasteiger partial charge on any atom is -0.481 e. The standard InChI is InChI=1S/C16H19NO3S/c1-17(7-6-12-3-2-8-21-12)15(18)13-10-4-5-11(9-10)14(13)16(19)20/h2-5,8,10-11,13-14H,6-7,9H2,1H3,(H,19,20). The SMILES string of the molecule is CN(CCc1cccs1)C(=O)C1C2C=CC(C2)C1C(=O)O. The average molecular weight is 305 g/mol. The van der Waals surface area contributed by atoms with Gasteiger partial charge in [0.1, 0.15) is 0 Å². The number of fused-ring (bicyclic) bond motifs is 2. The fourth-order valence-electron chi connectivity index (χ4n) is 3.59. The van der Waals surface area contributed by atoms with Crippen LogP contribution in [-0.2, 0) is 16.0 Å². The summed E-state index contributed by atoms with van der Waals surface area (Å²) in [4.78, 5) is 27.1. The predicted octanol–water partition coefficient (Wildman–Crippen LogP) is 2.27. The molecule has 0 saturated heterocycles. The van der Waals surface area contributed by atoms with E-state index >= 15 is 0 Å². The van der Waals surface area contributed by atoms with Gasteiger partial charge in [0.05, 0.1) is 11.8 Å². The largest absolute Gasteiger partial charge is 0.481 e. The number of hydrogen-bond donors (Lipinski definition) is 1. The van der Waals surface area contributed by atoms with Crippen LogP contribution in [0.5, 0.6) is 0 Å². The number of hydrogen-bond acceptors (Lipinski definition) is 3. The van der Waals surface area contributed by atoms with E-state index in [1.165, 1.54) is 4.88 Å². The van der Waals surface area contributed by atoms with E-state index in [1.807, 2.05) is 23.6 Å². The summed E-state index contributed by atoms with van der Waals surface area (Å²) in [5.74, 6) is -1.64. The maximum atomic E-state index is 12.6. The number of amides is 1. The number of aliphatic carboxylic acids is 1. The molecule has 0 aliphatic heterocycles. The molecule has 21 heavy (non-hydrogen) atoms. The summed E-state index contributed by atoms with van der Waals surface area (Å²) in [6.07, 6.45) is 5.64. The molecule has 0 spiro atoms. The Morgan fingerprint density at radius 2 is 2.05 bits per heavy atom. The molecule has 2 aliphatic rings. The van der Waals surface area contributed by atoms with Gasteiger partial charge in [0.2, 0.25) is 5.91 Å². The van der Waals surface area contributed by atoms with Crippen LogP contribution in [0.15, 0.2) is 29.7 Å². The molecule has 1 N–H and O–H groups in total. The molecule has 1 aromatic heterocycles. The lowest BCUT2D eigenvalue weighted by Crippen LogP contribution is -2.41. The molecule has 1 fully saturated rings. The number of carboxylic acid groups (broad SMARTS) is 1. The van der Waals surface area contributed by atoms with Crippen LogP contribution in [0.2, 0.25) is 0 Å². The number of thiophene rings is 1. The van der Waals surface area contributed by atoms with Crippen molar-refractivity contribution in [2.75, 3.05) is 13.6 Å². The van der Waals surface area contributed by atoms with Crippen LogP contribution >= 0.6 is 11.3 Å². The van der Waals surface area contributed by atoms with E-state index in [0.29, 0.717) is 6.54 Å². The van der Waals surface area contributed by atoms with Crippen molar-refractivity contribution >= 4 is 23.2 Å². The van der Waals surface area contributed by atoms with Crippen LogP contribution in [0.25, 0.3) is 0 Å². The Kier molecular flexibility index (Phi) is 3.85. The van der Waals surface area contributed by atoms with E-state index in [0.717, 1.165) is 12.8 Å². The van der Waals surface area contributed by atoms with Gasteiger partial charge in [0.15, 0.2) is 0 Å². The second kappa shape index (κ2) is 5.64. The van der Waals surface area contributed by atoms with Crippen molar-refractivity contribution in [1.82, 2.24) is 4.90 Å². The summed E-state index contributed by atoms with van der Waals surface area (Å²) in [5.41, 5.74) is 0.